The number of aldehydes is 1. The zero-order chi connectivity index (χ0) is 68.6. The third kappa shape index (κ3) is 98.2. The van der Waals surface area contributed by atoms with Gasteiger partial charge in [0.05, 0.1) is 25.4 Å². The van der Waals surface area contributed by atoms with E-state index in [1.165, 1.54) is 116 Å². The Morgan fingerprint density at radius 2 is 0.744 bits per heavy atom. The fourth-order valence-electron chi connectivity index (χ4n) is 8.69. The molecule has 0 amide bonds. The fraction of sp³-hybridized carbons (Fsp3) is 0.895. The van der Waals surface area contributed by atoms with Gasteiger partial charge in [0.25, 0.3) is 0 Å². The van der Waals surface area contributed by atoms with Crippen LogP contribution in [0.1, 0.15) is 391 Å². The molecule has 4 atom stereocenters. The van der Waals surface area contributed by atoms with Crippen LogP contribution in [0, 0.1) is 0 Å². The molecule has 1 aliphatic rings. The first kappa shape index (κ1) is 97.7. The first-order valence-electron chi connectivity index (χ1n) is 37.5. The number of hydrogen-bond donors (Lipinski definition) is 3. The number of carbonyl (C=O) groups excluding carboxylic acids is 5. The molecule has 0 spiro atoms. The van der Waals surface area contributed by atoms with Crippen LogP contribution in [0.2, 0.25) is 0 Å². The first-order valence-corrected chi connectivity index (χ1v) is 37.5. The number of ether oxygens (including phenoxy) is 5. The van der Waals surface area contributed by atoms with Crippen molar-refractivity contribution in [1.82, 2.24) is 0 Å². The number of esters is 4. The van der Waals surface area contributed by atoms with Gasteiger partial charge >= 0.3 is 29.8 Å². The quantitative estimate of drug-likeness (QED) is 0.0129. The van der Waals surface area contributed by atoms with Crippen molar-refractivity contribution in [3.8, 4) is 0 Å². The molecule has 1 saturated heterocycles. The third-order valence-corrected chi connectivity index (χ3v) is 14.7. The summed E-state index contributed by atoms with van der Waals surface area (Å²) in [6.45, 7) is 28.6. The van der Waals surface area contributed by atoms with E-state index in [1.807, 2.05) is 6.08 Å². The van der Waals surface area contributed by atoms with Crippen LogP contribution in [0.15, 0.2) is 12.7 Å². The molecule has 0 bridgehead atoms. The van der Waals surface area contributed by atoms with E-state index in [-0.39, 0.29) is 55.9 Å². The summed E-state index contributed by atoms with van der Waals surface area (Å²) in [5.41, 5.74) is 0. The summed E-state index contributed by atoms with van der Waals surface area (Å²) in [7, 11) is 0. The predicted molar refractivity (Wildman–Crippen MR) is 377 cm³/mol. The number of rotatable bonds is 56. The zero-order valence-electron chi connectivity index (χ0n) is 61.0. The Balaban J connectivity index is -0.000000240. The fourth-order valence-corrected chi connectivity index (χ4v) is 8.69. The van der Waals surface area contributed by atoms with Gasteiger partial charge in [0.15, 0.2) is 0 Å². The largest absolute Gasteiger partial charge is 0.481 e. The Bertz CT molecular complexity index is 1450. The van der Waals surface area contributed by atoms with Crippen LogP contribution in [0.3, 0.4) is 0 Å². The van der Waals surface area contributed by atoms with Gasteiger partial charge in [-0.3, -0.25) is 24.0 Å². The standard InChI is InChI=1S/C20H38O4.2C14H28O3.C8H16O.C8H16.C6H12O2.C6H12O/c1-4-7-10-13-14-18(24-20(22)16-12-9-6-3)17-23-19(21)15-11-8-5-2;1-3-5-7-9-10-13(15)12-17-14(16)11-8-6-4-2;1-3-5-7-9-10-13(12-15)17-14(16)11-8-6-4-2;1-2-3-4-5-6-8-7-9-8;1-3-5-7-8-6-4-2;1-2-3-4-5-6(7)8;1-2-3-4-5-6-7/h18H,4-17H2,1-3H3;2*13,15H,3-12H2,1-2H3;8H,2-7H2,1H3;3H,1,4-8H2,2H3;2-5H2,1H3,(H,7,8);6H,2-5H2,1H3. The highest BCUT2D eigenvalue weighted by Crippen LogP contribution is 2.18. The molecule has 1 aliphatic heterocycles. The number of carbonyl (C=O) groups is 6. The van der Waals surface area contributed by atoms with E-state index in [0.717, 1.165) is 180 Å². The molecule has 0 aromatic carbocycles. The summed E-state index contributed by atoms with van der Waals surface area (Å²) < 4.78 is 26.2. The lowest BCUT2D eigenvalue weighted by Gasteiger charge is -2.18. The second-order valence-corrected chi connectivity index (χ2v) is 24.3. The van der Waals surface area contributed by atoms with Gasteiger partial charge in [-0.05, 0) is 89.9 Å². The number of aliphatic hydroxyl groups is 2. The zero-order valence-corrected chi connectivity index (χ0v) is 61.0. The highest BCUT2D eigenvalue weighted by molar-refractivity contribution is 5.71. The maximum atomic E-state index is 11.9. The summed E-state index contributed by atoms with van der Waals surface area (Å²) in [5, 5.41) is 26.9. The highest BCUT2D eigenvalue weighted by Gasteiger charge is 2.21. The number of carboxylic acid groups (broad SMARTS) is 1. The summed E-state index contributed by atoms with van der Waals surface area (Å²) in [6.07, 6.45) is 53.5. The maximum Gasteiger partial charge on any atom is 0.306 e. The smallest absolute Gasteiger partial charge is 0.306 e. The molecule has 14 nitrogen and oxygen atoms in total. The highest BCUT2D eigenvalue weighted by atomic mass is 16.6. The van der Waals surface area contributed by atoms with Crippen LogP contribution in [0.25, 0.3) is 0 Å². The lowest BCUT2D eigenvalue weighted by molar-refractivity contribution is -0.159. The average molecular weight is 1290 g/mol. The molecule has 0 aromatic rings. The van der Waals surface area contributed by atoms with Crippen molar-refractivity contribution in [3.63, 3.8) is 0 Å². The molecule has 0 aromatic heterocycles. The van der Waals surface area contributed by atoms with Gasteiger partial charge in [-0.1, -0.05) is 268 Å². The van der Waals surface area contributed by atoms with Crippen molar-refractivity contribution in [1.29, 1.82) is 0 Å². The maximum absolute atomic E-state index is 11.9. The van der Waals surface area contributed by atoms with Crippen molar-refractivity contribution >= 4 is 36.1 Å². The van der Waals surface area contributed by atoms with E-state index < -0.39 is 12.1 Å². The molecular formula is C76H150O14. The number of aliphatic carboxylic acids is 1. The van der Waals surface area contributed by atoms with Crippen molar-refractivity contribution in [2.45, 2.75) is 415 Å². The van der Waals surface area contributed by atoms with E-state index in [2.05, 4.69) is 82.7 Å². The number of carboxylic acids is 1. The van der Waals surface area contributed by atoms with Crippen molar-refractivity contribution in [3.05, 3.63) is 12.7 Å². The molecule has 90 heavy (non-hydrogen) atoms. The Morgan fingerprint density at radius 1 is 0.422 bits per heavy atom. The van der Waals surface area contributed by atoms with Gasteiger partial charge < -0.3 is 43.8 Å². The first-order chi connectivity index (χ1) is 43.6. The van der Waals surface area contributed by atoms with Crippen molar-refractivity contribution in [2.75, 3.05) is 26.4 Å². The Labute approximate surface area is 555 Å². The van der Waals surface area contributed by atoms with Crippen LogP contribution >= 0.6 is 0 Å². The molecule has 1 rings (SSSR count). The normalized spacial score (nSPS) is 12.6. The number of allylic oxidation sites excluding steroid dienone is 1. The minimum absolute atomic E-state index is 0.0500. The van der Waals surface area contributed by atoms with E-state index in [4.69, 9.17) is 33.9 Å². The average Bonchev–Trinajstić information content (AvgIpc) is 4.44. The minimum Gasteiger partial charge on any atom is -0.481 e. The summed E-state index contributed by atoms with van der Waals surface area (Å²) in [6, 6.07) is 0. The number of aliphatic hydroxyl groups excluding tert-OH is 2. The summed E-state index contributed by atoms with van der Waals surface area (Å²) in [4.78, 5) is 65.9. The third-order valence-electron chi connectivity index (χ3n) is 14.7. The van der Waals surface area contributed by atoms with Crippen LogP contribution in [0.4, 0.5) is 0 Å². The minimum atomic E-state index is -0.682. The molecule has 0 radical (unpaired) electrons. The molecule has 3 N–H and O–H groups in total. The summed E-state index contributed by atoms with van der Waals surface area (Å²) >= 11 is 0. The predicted octanol–water partition coefficient (Wildman–Crippen LogP) is 21.4. The van der Waals surface area contributed by atoms with Gasteiger partial charge in [-0.2, -0.15) is 0 Å². The van der Waals surface area contributed by atoms with Crippen molar-refractivity contribution < 1.29 is 67.8 Å². The van der Waals surface area contributed by atoms with Crippen LogP contribution < -0.4 is 0 Å². The van der Waals surface area contributed by atoms with Gasteiger partial charge in [0, 0.05) is 38.5 Å². The monoisotopic (exact) mass is 1290 g/mol. The lowest BCUT2D eigenvalue weighted by atomic mass is 10.1. The second kappa shape index (κ2) is 87.7. The van der Waals surface area contributed by atoms with E-state index in [9.17, 15) is 33.9 Å². The topological polar surface area (TPSA) is 213 Å². The van der Waals surface area contributed by atoms with Crippen LogP contribution in [0.5, 0.6) is 0 Å². The molecule has 4 unspecified atom stereocenters. The Kier molecular flexibility index (Phi) is 95.2. The number of epoxide rings is 1. The van der Waals surface area contributed by atoms with E-state index >= 15 is 0 Å². The molecule has 0 aliphatic carbocycles. The van der Waals surface area contributed by atoms with Crippen LogP contribution in [-0.4, -0.2) is 102 Å². The molecule has 538 valence electrons. The number of hydrogen-bond acceptors (Lipinski definition) is 13. The Morgan fingerprint density at radius 3 is 1.12 bits per heavy atom. The molecule has 14 heteroatoms. The second-order valence-electron chi connectivity index (χ2n) is 24.3. The van der Waals surface area contributed by atoms with Gasteiger partial charge in [0.2, 0.25) is 0 Å². The van der Waals surface area contributed by atoms with Gasteiger partial charge in [-0.25, -0.2) is 0 Å². The van der Waals surface area contributed by atoms with Gasteiger partial charge in [0.1, 0.15) is 31.7 Å². The van der Waals surface area contributed by atoms with E-state index in [1.54, 1.807) is 0 Å². The molecule has 1 fully saturated rings. The summed E-state index contributed by atoms with van der Waals surface area (Å²) in [5.74, 6) is -1.35. The van der Waals surface area contributed by atoms with E-state index in [0.29, 0.717) is 38.2 Å². The number of unbranched alkanes of at least 4 members (excludes halogenated alkanes) is 29. The molecular weight excluding hydrogens is 1140 g/mol. The Hall–Kier alpha value is -3.36. The SMILES string of the molecule is C=CCCCCCC.CCCCCC(=O)O.CCCCCC=O.CCCCCCC(CO)OC(=O)CCCCC.CCCCCCC(COC(=O)CCCCC)OC(=O)CCCCC.CCCCCCC(O)COC(=O)CCCCC.CCCCCCC1CO1. The lowest BCUT2D eigenvalue weighted by Crippen LogP contribution is -2.25. The van der Waals surface area contributed by atoms with Gasteiger partial charge in [-0.15, -0.1) is 6.58 Å². The molecule has 1 heterocycles. The van der Waals surface area contributed by atoms with Crippen LogP contribution in [-0.2, 0) is 52.5 Å². The van der Waals surface area contributed by atoms with Crippen molar-refractivity contribution in [2.24, 2.45) is 0 Å². The molecule has 0 saturated carbocycles.